The van der Waals surface area contributed by atoms with Gasteiger partial charge >= 0.3 is 0 Å². The lowest BCUT2D eigenvalue weighted by molar-refractivity contribution is -0.124. The van der Waals surface area contributed by atoms with Gasteiger partial charge in [0.2, 0.25) is 0 Å². The SMILES string of the molecule is O=C1C=C(c2ccccc2Cc2ccccc2C2=CC(=O)NC2=O)C(=O)N1. The summed E-state index contributed by atoms with van der Waals surface area (Å²) in [6, 6.07) is 14.6. The van der Waals surface area contributed by atoms with Crippen molar-refractivity contribution in [2.45, 2.75) is 6.42 Å². The first-order chi connectivity index (χ1) is 13.0. The number of hydrogen-bond donors (Lipinski definition) is 2. The number of amides is 4. The van der Waals surface area contributed by atoms with E-state index in [9.17, 15) is 19.2 Å². The number of imide groups is 2. The Balaban J connectivity index is 1.75. The van der Waals surface area contributed by atoms with Crippen LogP contribution in [0.1, 0.15) is 22.3 Å². The van der Waals surface area contributed by atoms with Crippen molar-refractivity contribution in [1.29, 1.82) is 0 Å². The third-order valence-corrected chi connectivity index (χ3v) is 4.51. The molecule has 0 unspecified atom stereocenters. The first-order valence-electron chi connectivity index (χ1n) is 8.33. The molecule has 0 atom stereocenters. The van der Waals surface area contributed by atoms with E-state index >= 15 is 0 Å². The van der Waals surface area contributed by atoms with E-state index in [1.165, 1.54) is 12.2 Å². The molecule has 4 rings (SSSR count). The van der Waals surface area contributed by atoms with Crippen molar-refractivity contribution in [3.05, 3.63) is 82.9 Å². The highest BCUT2D eigenvalue weighted by molar-refractivity contribution is 6.34. The van der Waals surface area contributed by atoms with Gasteiger partial charge in [-0.1, -0.05) is 48.5 Å². The molecule has 2 aliphatic rings. The zero-order chi connectivity index (χ0) is 19.0. The topological polar surface area (TPSA) is 92.3 Å². The lowest BCUT2D eigenvalue weighted by Crippen LogP contribution is -2.22. The molecule has 0 aromatic heterocycles. The van der Waals surface area contributed by atoms with Crippen molar-refractivity contribution in [3.63, 3.8) is 0 Å². The molecule has 132 valence electrons. The average molecular weight is 358 g/mol. The van der Waals surface area contributed by atoms with Crippen molar-refractivity contribution in [2.75, 3.05) is 0 Å². The van der Waals surface area contributed by atoms with Gasteiger partial charge in [-0.05, 0) is 28.7 Å². The van der Waals surface area contributed by atoms with E-state index in [0.29, 0.717) is 28.7 Å². The Hall–Kier alpha value is -3.80. The second-order valence-electron chi connectivity index (χ2n) is 6.24. The molecule has 6 nitrogen and oxygen atoms in total. The van der Waals surface area contributed by atoms with E-state index in [-0.39, 0.29) is 0 Å². The molecule has 2 aliphatic heterocycles. The monoisotopic (exact) mass is 358 g/mol. The zero-order valence-electron chi connectivity index (χ0n) is 14.1. The van der Waals surface area contributed by atoms with Crippen LogP contribution in [0.15, 0.2) is 60.7 Å². The van der Waals surface area contributed by atoms with Crippen LogP contribution in [0.4, 0.5) is 0 Å². The van der Waals surface area contributed by atoms with Crippen LogP contribution in [-0.4, -0.2) is 23.6 Å². The van der Waals surface area contributed by atoms with Gasteiger partial charge in [0.1, 0.15) is 0 Å². The molecule has 0 saturated carbocycles. The third-order valence-electron chi connectivity index (χ3n) is 4.51. The maximum atomic E-state index is 12.0. The summed E-state index contributed by atoms with van der Waals surface area (Å²) in [4.78, 5) is 47.1. The van der Waals surface area contributed by atoms with Crippen LogP contribution in [0.3, 0.4) is 0 Å². The largest absolute Gasteiger partial charge is 0.289 e. The second-order valence-corrected chi connectivity index (χ2v) is 6.24. The van der Waals surface area contributed by atoms with Gasteiger partial charge in [-0.25, -0.2) is 0 Å². The molecule has 2 aromatic rings. The van der Waals surface area contributed by atoms with Crippen LogP contribution in [-0.2, 0) is 25.6 Å². The van der Waals surface area contributed by atoms with E-state index in [1.54, 1.807) is 24.3 Å². The number of hydrogen-bond acceptors (Lipinski definition) is 4. The molecule has 0 fully saturated rings. The van der Waals surface area contributed by atoms with Gasteiger partial charge in [0.15, 0.2) is 0 Å². The summed E-state index contributed by atoms with van der Waals surface area (Å²) in [6.07, 6.45) is 3.02. The van der Waals surface area contributed by atoms with Crippen LogP contribution in [0.25, 0.3) is 11.1 Å². The predicted octanol–water partition coefficient (Wildman–Crippen LogP) is 1.36. The van der Waals surface area contributed by atoms with E-state index < -0.39 is 23.6 Å². The summed E-state index contributed by atoms with van der Waals surface area (Å²) >= 11 is 0. The molecule has 2 N–H and O–H groups in total. The molecule has 2 heterocycles. The fourth-order valence-electron chi connectivity index (χ4n) is 3.30. The fourth-order valence-corrected chi connectivity index (χ4v) is 3.30. The van der Waals surface area contributed by atoms with Crippen molar-refractivity contribution in [3.8, 4) is 0 Å². The smallest absolute Gasteiger partial charge is 0.258 e. The molecular weight excluding hydrogens is 344 g/mol. The zero-order valence-corrected chi connectivity index (χ0v) is 14.1. The highest BCUT2D eigenvalue weighted by Gasteiger charge is 2.26. The van der Waals surface area contributed by atoms with Crippen LogP contribution >= 0.6 is 0 Å². The Labute approximate surface area is 154 Å². The van der Waals surface area contributed by atoms with Gasteiger partial charge in [-0.3, -0.25) is 29.8 Å². The number of rotatable bonds is 4. The molecular formula is C21H14N2O4. The third kappa shape index (κ3) is 3.08. The predicted molar refractivity (Wildman–Crippen MR) is 97.9 cm³/mol. The number of carbonyl (C=O) groups excluding carboxylic acids is 4. The van der Waals surface area contributed by atoms with Crippen molar-refractivity contribution in [1.82, 2.24) is 10.6 Å². The lowest BCUT2D eigenvalue weighted by atomic mass is 9.91. The molecule has 2 aromatic carbocycles. The summed E-state index contributed by atoms with van der Waals surface area (Å²) < 4.78 is 0. The van der Waals surface area contributed by atoms with Gasteiger partial charge in [0, 0.05) is 12.2 Å². The maximum absolute atomic E-state index is 12.0. The van der Waals surface area contributed by atoms with Crippen molar-refractivity contribution >= 4 is 34.8 Å². The quantitative estimate of drug-likeness (QED) is 0.807. The summed E-state index contributed by atoms with van der Waals surface area (Å²) in [5.41, 5.74) is 3.65. The Morgan fingerprint density at radius 3 is 1.37 bits per heavy atom. The van der Waals surface area contributed by atoms with E-state index in [1.807, 2.05) is 24.3 Å². The van der Waals surface area contributed by atoms with Crippen LogP contribution < -0.4 is 10.6 Å². The Morgan fingerprint density at radius 1 is 0.593 bits per heavy atom. The summed E-state index contributed by atoms with van der Waals surface area (Å²) in [5, 5.41) is 4.51. The molecule has 27 heavy (non-hydrogen) atoms. The standard InChI is InChI=1S/C21H14N2O4/c24-18-10-16(20(26)22-18)14-7-3-1-5-12(14)9-13-6-2-4-8-15(13)17-11-19(25)23-21(17)27/h1-8,10-11H,9H2,(H,22,24,26)(H,23,25,27). The van der Waals surface area contributed by atoms with E-state index in [4.69, 9.17) is 0 Å². The van der Waals surface area contributed by atoms with Gasteiger partial charge < -0.3 is 0 Å². The summed E-state index contributed by atoms with van der Waals surface area (Å²) in [6.45, 7) is 0. The van der Waals surface area contributed by atoms with E-state index in [0.717, 1.165) is 11.1 Å². The minimum Gasteiger partial charge on any atom is -0.289 e. The molecule has 0 saturated heterocycles. The van der Waals surface area contributed by atoms with Crippen molar-refractivity contribution in [2.24, 2.45) is 0 Å². The highest BCUT2D eigenvalue weighted by atomic mass is 16.2. The van der Waals surface area contributed by atoms with Crippen molar-refractivity contribution < 1.29 is 19.2 Å². The molecule has 0 aliphatic carbocycles. The highest BCUT2D eigenvalue weighted by Crippen LogP contribution is 2.28. The number of carbonyl (C=O) groups is 4. The molecule has 0 spiro atoms. The van der Waals surface area contributed by atoms with Crippen LogP contribution in [0.2, 0.25) is 0 Å². The van der Waals surface area contributed by atoms with E-state index in [2.05, 4.69) is 10.6 Å². The van der Waals surface area contributed by atoms with Crippen LogP contribution in [0, 0.1) is 0 Å². The maximum Gasteiger partial charge on any atom is 0.258 e. The van der Waals surface area contributed by atoms with Gasteiger partial charge in [0.05, 0.1) is 11.1 Å². The minimum atomic E-state index is -0.434. The Kier molecular flexibility index (Phi) is 4.01. The first kappa shape index (κ1) is 16.7. The summed E-state index contributed by atoms with van der Waals surface area (Å²) in [5.74, 6) is -1.72. The Bertz CT molecular complexity index is 994. The number of benzene rings is 2. The molecule has 0 radical (unpaired) electrons. The Morgan fingerprint density at radius 2 is 1.00 bits per heavy atom. The molecule has 6 heteroatoms. The van der Waals surface area contributed by atoms with Crippen LogP contribution in [0.5, 0.6) is 0 Å². The lowest BCUT2D eigenvalue weighted by Gasteiger charge is -2.13. The van der Waals surface area contributed by atoms with Gasteiger partial charge in [-0.15, -0.1) is 0 Å². The van der Waals surface area contributed by atoms with Gasteiger partial charge in [-0.2, -0.15) is 0 Å². The first-order valence-corrected chi connectivity index (χ1v) is 8.33. The van der Waals surface area contributed by atoms with Gasteiger partial charge in [0.25, 0.3) is 23.6 Å². The summed E-state index contributed by atoms with van der Waals surface area (Å²) in [7, 11) is 0. The second kappa shape index (κ2) is 6.49. The average Bonchev–Trinajstić information content (AvgIpc) is 3.16. The number of nitrogens with one attached hydrogen (secondary N) is 2. The molecule has 4 amide bonds. The molecule has 0 bridgehead atoms. The minimum absolute atomic E-state index is 0.320. The normalized spacial score (nSPS) is 16.1. The fraction of sp³-hybridized carbons (Fsp3) is 0.0476.